The van der Waals surface area contributed by atoms with Crippen molar-refractivity contribution in [3.05, 3.63) is 12.2 Å². The first-order valence-corrected chi connectivity index (χ1v) is 8.88. The van der Waals surface area contributed by atoms with Crippen LogP contribution in [0, 0.1) is 0 Å². The van der Waals surface area contributed by atoms with Crippen molar-refractivity contribution in [2.45, 2.75) is 30.9 Å². The molecule has 8 heteroatoms. The molecule has 0 aromatic heterocycles. The average molecular weight is 323 g/mol. The minimum Gasteiger partial charge on any atom is -0.466 e. The summed E-state index contributed by atoms with van der Waals surface area (Å²) in [6.45, 7) is 4.11. The highest BCUT2D eigenvalue weighted by Crippen LogP contribution is 2.39. The van der Waals surface area contributed by atoms with Crippen molar-refractivity contribution >= 4 is 27.8 Å². The van der Waals surface area contributed by atoms with Crippen LogP contribution in [0.25, 0.3) is 0 Å². The molecule has 20 heavy (non-hydrogen) atoms. The van der Waals surface area contributed by atoms with Crippen LogP contribution in [0.1, 0.15) is 13.8 Å². The van der Waals surface area contributed by atoms with Gasteiger partial charge in [-0.05, 0) is 27.0 Å². The molecule has 116 valence electrons. The molecule has 1 fully saturated rings. The number of thioether (sulfide) groups is 1. The molecule has 0 radical (unpaired) electrons. The molecule has 0 N–H and O–H groups in total. The van der Waals surface area contributed by atoms with Crippen molar-refractivity contribution in [1.29, 1.82) is 0 Å². The van der Waals surface area contributed by atoms with Crippen molar-refractivity contribution in [1.82, 2.24) is 4.90 Å². The van der Waals surface area contributed by atoms with Crippen LogP contribution in [0.15, 0.2) is 12.2 Å². The smallest absolute Gasteiger partial charge is 0.330 e. The van der Waals surface area contributed by atoms with E-state index in [0.717, 1.165) is 12.0 Å². The number of ether oxygens (including phenoxy) is 1. The Hall–Kier alpha value is -0.570. The number of nitrogens with zero attached hydrogens (tertiary/aromatic N) is 1. The summed E-state index contributed by atoms with van der Waals surface area (Å²) in [6.07, 6.45) is 2.91. The first-order chi connectivity index (χ1) is 9.07. The van der Waals surface area contributed by atoms with Gasteiger partial charge in [0, 0.05) is 11.8 Å². The van der Waals surface area contributed by atoms with Gasteiger partial charge >= 0.3 is 5.97 Å². The Kier molecular flexibility index (Phi) is 5.65. The number of hydrogen-bond acceptors (Lipinski definition) is 7. The molecule has 0 aromatic carbocycles. The Bertz CT molecular complexity index is 486. The van der Waals surface area contributed by atoms with Crippen molar-refractivity contribution in [2.75, 3.05) is 26.2 Å². The SMILES string of the molecule is COC(=O)/C=C/[C@H](OS(C)(=O)=O)[C@@H]1CSC(C)(C)N1C. The zero-order valence-electron chi connectivity index (χ0n) is 12.3. The zero-order valence-corrected chi connectivity index (χ0v) is 14.0. The van der Waals surface area contributed by atoms with Crippen LogP contribution >= 0.6 is 11.8 Å². The number of esters is 1. The molecule has 1 heterocycles. The Morgan fingerprint density at radius 1 is 1.50 bits per heavy atom. The fourth-order valence-electron chi connectivity index (χ4n) is 1.89. The molecular weight excluding hydrogens is 302 g/mol. The average Bonchev–Trinajstić information content (AvgIpc) is 2.58. The molecule has 1 saturated heterocycles. The van der Waals surface area contributed by atoms with E-state index in [1.54, 1.807) is 11.8 Å². The van der Waals surface area contributed by atoms with Crippen LogP contribution in [-0.2, 0) is 23.8 Å². The van der Waals surface area contributed by atoms with Gasteiger partial charge in [0.15, 0.2) is 0 Å². The third kappa shape index (κ3) is 4.76. The van der Waals surface area contributed by atoms with Crippen LogP contribution < -0.4 is 0 Å². The molecule has 0 saturated carbocycles. The van der Waals surface area contributed by atoms with Gasteiger partial charge in [-0.2, -0.15) is 8.42 Å². The number of hydrogen-bond donors (Lipinski definition) is 0. The first kappa shape index (κ1) is 17.5. The van der Waals surface area contributed by atoms with Crippen LogP contribution in [0.2, 0.25) is 0 Å². The van der Waals surface area contributed by atoms with E-state index in [4.69, 9.17) is 4.18 Å². The minimum absolute atomic E-state index is 0.108. The summed E-state index contributed by atoms with van der Waals surface area (Å²) in [5.41, 5.74) is 0. The lowest BCUT2D eigenvalue weighted by molar-refractivity contribution is -0.134. The summed E-state index contributed by atoms with van der Waals surface area (Å²) >= 11 is 1.71. The van der Waals surface area contributed by atoms with E-state index in [9.17, 15) is 13.2 Å². The summed E-state index contributed by atoms with van der Waals surface area (Å²) in [5.74, 6) is 0.175. The van der Waals surface area contributed by atoms with E-state index in [-0.39, 0.29) is 10.9 Å². The summed E-state index contributed by atoms with van der Waals surface area (Å²) in [6, 6.07) is -0.134. The molecule has 0 aromatic rings. The van der Waals surface area contributed by atoms with E-state index < -0.39 is 22.2 Å². The van der Waals surface area contributed by atoms with Crippen molar-refractivity contribution in [2.24, 2.45) is 0 Å². The van der Waals surface area contributed by atoms with Gasteiger partial charge in [0.2, 0.25) is 0 Å². The van der Waals surface area contributed by atoms with Gasteiger partial charge in [0.05, 0.1) is 24.3 Å². The number of rotatable bonds is 5. The van der Waals surface area contributed by atoms with Crippen molar-refractivity contribution in [3.63, 3.8) is 0 Å². The van der Waals surface area contributed by atoms with E-state index in [2.05, 4.69) is 23.5 Å². The Morgan fingerprint density at radius 3 is 2.50 bits per heavy atom. The second-order valence-corrected chi connectivity index (χ2v) is 8.31. The van der Waals surface area contributed by atoms with Crippen LogP contribution in [-0.4, -0.2) is 62.5 Å². The molecule has 0 aliphatic carbocycles. The van der Waals surface area contributed by atoms with Crippen molar-refractivity contribution < 1.29 is 22.1 Å². The van der Waals surface area contributed by atoms with E-state index >= 15 is 0 Å². The third-order valence-electron chi connectivity index (χ3n) is 3.24. The lowest BCUT2D eigenvalue weighted by Gasteiger charge is -2.33. The molecule has 2 atom stereocenters. The van der Waals surface area contributed by atoms with Gasteiger partial charge in [0.25, 0.3) is 10.1 Å². The zero-order chi connectivity index (χ0) is 15.6. The summed E-state index contributed by atoms with van der Waals surface area (Å²) in [7, 11) is -0.440. The largest absolute Gasteiger partial charge is 0.466 e. The molecule has 1 aliphatic rings. The third-order valence-corrected chi connectivity index (χ3v) is 5.32. The summed E-state index contributed by atoms with van der Waals surface area (Å²) in [5, 5.41) is 0. The number of likely N-dealkylation sites (N-methyl/N-ethyl adjacent to an activating group) is 1. The molecule has 0 spiro atoms. The molecule has 0 bridgehead atoms. The maximum absolute atomic E-state index is 11.4. The van der Waals surface area contributed by atoms with Gasteiger partial charge in [-0.3, -0.25) is 9.08 Å². The normalized spacial score (nSPS) is 24.9. The highest BCUT2D eigenvalue weighted by atomic mass is 32.2. The second-order valence-electron chi connectivity index (χ2n) is 5.08. The van der Waals surface area contributed by atoms with Crippen LogP contribution in [0.4, 0.5) is 0 Å². The molecule has 0 amide bonds. The maximum Gasteiger partial charge on any atom is 0.330 e. The van der Waals surface area contributed by atoms with E-state index in [1.165, 1.54) is 19.3 Å². The predicted molar refractivity (Wildman–Crippen MR) is 79.0 cm³/mol. The summed E-state index contributed by atoms with van der Waals surface area (Å²) < 4.78 is 32.4. The van der Waals surface area contributed by atoms with Crippen molar-refractivity contribution in [3.8, 4) is 0 Å². The molecule has 1 rings (SSSR count). The number of methoxy groups -OCH3 is 1. The lowest BCUT2D eigenvalue weighted by atomic mass is 10.1. The molecular formula is C12H21NO5S2. The maximum atomic E-state index is 11.4. The minimum atomic E-state index is -3.62. The topological polar surface area (TPSA) is 72.9 Å². The Labute approximate surface area is 124 Å². The lowest BCUT2D eigenvalue weighted by Crippen LogP contribution is -2.46. The van der Waals surface area contributed by atoms with Gasteiger partial charge < -0.3 is 4.74 Å². The van der Waals surface area contributed by atoms with E-state index in [0.29, 0.717) is 0 Å². The first-order valence-electron chi connectivity index (χ1n) is 6.08. The molecule has 0 unspecified atom stereocenters. The molecule has 1 aliphatic heterocycles. The Balaban J connectivity index is 2.94. The second kappa shape index (κ2) is 6.46. The quantitative estimate of drug-likeness (QED) is 0.422. The highest BCUT2D eigenvalue weighted by molar-refractivity contribution is 8.00. The number of carbonyl (C=O) groups excluding carboxylic acids is 1. The standard InChI is InChI=1S/C12H21NO5S2/c1-12(2)13(3)9(8-19-12)10(18-20(5,15)16)6-7-11(14)17-4/h6-7,9-10H,8H2,1-5H3/b7-6+/t9-,10-/m0/s1. The predicted octanol–water partition coefficient (Wildman–Crippen LogP) is 0.844. The van der Waals surface area contributed by atoms with Crippen LogP contribution in [0.5, 0.6) is 0 Å². The van der Waals surface area contributed by atoms with E-state index in [1.807, 2.05) is 7.05 Å². The van der Waals surface area contributed by atoms with Gasteiger partial charge in [-0.1, -0.05) is 0 Å². The Morgan fingerprint density at radius 2 is 2.10 bits per heavy atom. The van der Waals surface area contributed by atoms with Gasteiger partial charge in [-0.25, -0.2) is 4.79 Å². The molecule has 6 nitrogen and oxygen atoms in total. The van der Waals surface area contributed by atoms with Crippen LogP contribution in [0.3, 0.4) is 0 Å². The summed E-state index contributed by atoms with van der Waals surface area (Å²) in [4.78, 5) is 13.1. The van der Waals surface area contributed by atoms with Gasteiger partial charge in [0.1, 0.15) is 6.10 Å². The highest BCUT2D eigenvalue weighted by Gasteiger charge is 2.42. The fourth-order valence-corrected chi connectivity index (χ4v) is 3.81. The monoisotopic (exact) mass is 323 g/mol. The fraction of sp³-hybridized carbons (Fsp3) is 0.750. The number of carbonyl (C=O) groups is 1. The van der Waals surface area contributed by atoms with Gasteiger partial charge in [-0.15, -0.1) is 11.8 Å².